The molecule has 1 atom stereocenters. The van der Waals surface area contributed by atoms with Crippen molar-refractivity contribution in [2.24, 2.45) is 5.92 Å². The molecule has 1 N–H and O–H groups in total. The zero-order chi connectivity index (χ0) is 17.1. The average molecular weight is 334 g/mol. The van der Waals surface area contributed by atoms with Crippen molar-refractivity contribution < 1.29 is 13.6 Å². The highest BCUT2D eigenvalue weighted by molar-refractivity contribution is 5.76. The van der Waals surface area contributed by atoms with Crippen molar-refractivity contribution in [3.05, 3.63) is 47.5 Å². The van der Waals surface area contributed by atoms with Gasteiger partial charge in [0.15, 0.2) is 11.6 Å². The third-order valence-electron chi connectivity index (χ3n) is 4.26. The second-order valence-electron chi connectivity index (χ2n) is 6.07. The number of hydrogen-bond acceptors (Lipinski definition) is 3. The Bertz CT molecular complexity index is 727. The molecule has 128 valence electrons. The Morgan fingerprint density at radius 1 is 1.38 bits per heavy atom. The van der Waals surface area contributed by atoms with Crippen LogP contribution in [0.1, 0.15) is 43.6 Å². The third-order valence-corrected chi connectivity index (χ3v) is 4.26. The van der Waals surface area contributed by atoms with Gasteiger partial charge < -0.3 is 5.32 Å². The van der Waals surface area contributed by atoms with Crippen LogP contribution in [0.15, 0.2) is 24.5 Å². The van der Waals surface area contributed by atoms with Gasteiger partial charge in [-0.3, -0.25) is 4.79 Å². The molecule has 1 heterocycles. The van der Waals surface area contributed by atoms with Crippen LogP contribution >= 0.6 is 0 Å². The quantitative estimate of drug-likeness (QED) is 0.847. The van der Waals surface area contributed by atoms with Crippen molar-refractivity contribution in [2.75, 3.05) is 0 Å². The molecule has 7 heteroatoms. The lowest BCUT2D eigenvalue weighted by Crippen LogP contribution is -2.32. The van der Waals surface area contributed by atoms with Gasteiger partial charge >= 0.3 is 0 Å². The van der Waals surface area contributed by atoms with Crippen molar-refractivity contribution in [3.8, 4) is 0 Å². The number of aromatic nitrogens is 3. The molecule has 1 aromatic heterocycles. The van der Waals surface area contributed by atoms with Gasteiger partial charge in [0, 0.05) is 13.0 Å². The summed E-state index contributed by atoms with van der Waals surface area (Å²) in [6.07, 6.45) is 4.20. The van der Waals surface area contributed by atoms with E-state index < -0.39 is 11.6 Å². The molecule has 1 aromatic carbocycles. The van der Waals surface area contributed by atoms with Crippen LogP contribution in [-0.4, -0.2) is 20.7 Å². The van der Waals surface area contributed by atoms with Gasteiger partial charge in [0.1, 0.15) is 12.2 Å². The van der Waals surface area contributed by atoms with Gasteiger partial charge in [0.2, 0.25) is 5.91 Å². The second kappa shape index (κ2) is 7.07. The molecule has 1 unspecified atom stereocenters. The summed E-state index contributed by atoms with van der Waals surface area (Å²) < 4.78 is 27.9. The zero-order valence-electron chi connectivity index (χ0n) is 13.5. The fourth-order valence-electron chi connectivity index (χ4n) is 2.78. The Morgan fingerprint density at radius 2 is 2.17 bits per heavy atom. The summed E-state index contributed by atoms with van der Waals surface area (Å²) in [5.41, 5.74) is 0.601. The van der Waals surface area contributed by atoms with Crippen molar-refractivity contribution in [2.45, 2.75) is 45.2 Å². The van der Waals surface area contributed by atoms with E-state index in [1.54, 1.807) is 4.68 Å². The number of rotatable bonds is 7. The lowest BCUT2D eigenvalue weighted by molar-refractivity contribution is -0.122. The molecule has 1 saturated carbocycles. The standard InChI is InChI=1S/C17H20F2N4O/c1-2-23-17(20-10-21-23)16(12-5-6-12)22-15(24)8-4-11-3-7-13(18)14(19)9-11/h3,7,9-10,12,16H,2,4-6,8H2,1H3,(H,22,24). The molecule has 1 aliphatic rings. The molecule has 24 heavy (non-hydrogen) atoms. The Balaban J connectivity index is 1.61. The van der Waals surface area contributed by atoms with Crippen LogP contribution in [0, 0.1) is 17.6 Å². The molecule has 0 bridgehead atoms. The van der Waals surface area contributed by atoms with E-state index in [1.807, 2.05) is 6.92 Å². The summed E-state index contributed by atoms with van der Waals surface area (Å²) in [4.78, 5) is 16.6. The molecule has 1 fully saturated rings. The molecule has 0 radical (unpaired) electrons. The minimum atomic E-state index is -0.889. The Morgan fingerprint density at radius 3 is 2.83 bits per heavy atom. The minimum absolute atomic E-state index is 0.123. The monoisotopic (exact) mass is 334 g/mol. The van der Waals surface area contributed by atoms with Crippen molar-refractivity contribution in [3.63, 3.8) is 0 Å². The maximum Gasteiger partial charge on any atom is 0.220 e. The Hall–Kier alpha value is -2.31. The summed E-state index contributed by atoms with van der Waals surface area (Å²) in [5, 5.41) is 7.18. The normalized spacial score (nSPS) is 15.3. The van der Waals surface area contributed by atoms with E-state index >= 15 is 0 Å². The van der Waals surface area contributed by atoms with Gasteiger partial charge in [0.05, 0.1) is 6.04 Å². The van der Waals surface area contributed by atoms with Gasteiger partial charge in [0.25, 0.3) is 0 Å². The summed E-state index contributed by atoms with van der Waals surface area (Å²) >= 11 is 0. The number of halogens is 2. The lowest BCUT2D eigenvalue weighted by Gasteiger charge is -2.18. The van der Waals surface area contributed by atoms with E-state index in [4.69, 9.17) is 0 Å². The number of carbonyl (C=O) groups is 1. The van der Waals surface area contributed by atoms with Gasteiger partial charge in [-0.1, -0.05) is 6.07 Å². The summed E-state index contributed by atoms with van der Waals surface area (Å²) in [7, 11) is 0. The van der Waals surface area contributed by atoms with Crippen LogP contribution in [0.5, 0.6) is 0 Å². The van der Waals surface area contributed by atoms with Crippen molar-refractivity contribution in [1.29, 1.82) is 0 Å². The van der Waals surface area contributed by atoms with E-state index in [9.17, 15) is 13.6 Å². The summed E-state index contributed by atoms with van der Waals surface area (Å²) in [6, 6.07) is 3.58. The molecular weight excluding hydrogens is 314 g/mol. The number of hydrogen-bond donors (Lipinski definition) is 1. The lowest BCUT2D eigenvalue weighted by atomic mass is 10.1. The number of benzene rings is 1. The van der Waals surface area contributed by atoms with Crippen LogP contribution < -0.4 is 5.32 Å². The highest BCUT2D eigenvalue weighted by Gasteiger charge is 2.36. The molecule has 3 rings (SSSR count). The Kier molecular flexibility index (Phi) is 4.87. The highest BCUT2D eigenvalue weighted by Crippen LogP contribution is 2.40. The first-order chi connectivity index (χ1) is 11.6. The summed E-state index contributed by atoms with van der Waals surface area (Å²) in [6.45, 7) is 2.68. The zero-order valence-corrected chi connectivity index (χ0v) is 13.5. The van der Waals surface area contributed by atoms with E-state index in [-0.39, 0.29) is 18.4 Å². The molecule has 0 aliphatic heterocycles. The largest absolute Gasteiger partial charge is 0.346 e. The average Bonchev–Trinajstić information content (AvgIpc) is 3.30. The smallest absolute Gasteiger partial charge is 0.220 e. The summed E-state index contributed by atoms with van der Waals surface area (Å²) in [5.74, 6) is -0.717. The van der Waals surface area contributed by atoms with Crippen molar-refractivity contribution in [1.82, 2.24) is 20.1 Å². The Labute approximate surface area is 139 Å². The van der Waals surface area contributed by atoms with Crippen LogP contribution in [0.2, 0.25) is 0 Å². The van der Waals surface area contributed by atoms with E-state index in [2.05, 4.69) is 15.4 Å². The van der Waals surface area contributed by atoms with Crippen LogP contribution in [0.25, 0.3) is 0 Å². The van der Waals surface area contributed by atoms with Crippen LogP contribution in [0.4, 0.5) is 8.78 Å². The molecular formula is C17H20F2N4O. The fraction of sp³-hybridized carbons (Fsp3) is 0.471. The fourth-order valence-corrected chi connectivity index (χ4v) is 2.78. The van der Waals surface area contributed by atoms with Gasteiger partial charge in [-0.05, 0) is 49.8 Å². The maximum absolute atomic E-state index is 13.2. The maximum atomic E-state index is 13.2. The number of nitrogens with zero attached hydrogens (tertiary/aromatic N) is 3. The first-order valence-corrected chi connectivity index (χ1v) is 8.19. The first kappa shape index (κ1) is 16.5. The van der Waals surface area contributed by atoms with Crippen LogP contribution in [0.3, 0.4) is 0 Å². The van der Waals surface area contributed by atoms with Crippen molar-refractivity contribution >= 4 is 5.91 Å². The first-order valence-electron chi connectivity index (χ1n) is 8.19. The number of carbonyl (C=O) groups excluding carboxylic acids is 1. The molecule has 0 saturated heterocycles. The molecule has 1 aliphatic carbocycles. The minimum Gasteiger partial charge on any atom is -0.346 e. The van der Waals surface area contributed by atoms with E-state index in [0.29, 0.717) is 24.4 Å². The highest BCUT2D eigenvalue weighted by atomic mass is 19.2. The number of aryl methyl sites for hydroxylation is 2. The van der Waals surface area contributed by atoms with E-state index in [1.165, 1.54) is 12.4 Å². The second-order valence-corrected chi connectivity index (χ2v) is 6.07. The van der Waals surface area contributed by atoms with Crippen LogP contribution in [-0.2, 0) is 17.8 Å². The van der Waals surface area contributed by atoms with Gasteiger partial charge in [-0.25, -0.2) is 18.4 Å². The molecule has 0 spiro atoms. The van der Waals surface area contributed by atoms with Gasteiger partial charge in [-0.15, -0.1) is 0 Å². The molecule has 2 aromatic rings. The predicted octanol–water partition coefficient (Wildman–Crippen LogP) is 2.78. The van der Waals surface area contributed by atoms with E-state index in [0.717, 1.165) is 30.8 Å². The third kappa shape index (κ3) is 3.77. The molecule has 1 amide bonds. The van der Waals surface area contributed by atoms with Gasteiger partial charge in [-0.2, -0.15) is 5.10 Å². The molecule has 5 nitrogen and oxygen atoms in total. The predicted molar refractivity (Wildman–Crippen MR) is 84.0 cm³/mol. The topological polar surface area (TPSA) is 59.8 Å². The number of nitrogens with one attached hydrogen (secondary N) is 1. The SMILES string of the molecule is CCn1ncnc1C(NC(=O)CCc1ccc(F)c(F)c1)C1CC1. The number of amides is 1.